The summed E-state index contributed by atoms with van der Waals surface area (Å²) in [6.45, 7) is 2.90. The van der Waals surface area contributed by atoms with E-state index < -0.39 is 0 Å². The summed E-state index contributed by atoms with van der Waals surface area (Å²) < 4.78 is 9.94. The van der Waals surface area contributed by atoms with Crippen molar-refractivity contribution in [2.75, 3.05) is 6.54 Å². The number of ether oxygens (including phenoxy) is 1. The van der Waals surface area contributed by atoms with Gasteiger partial charge in [0.05, 0.1) is 0 Å². The minimum absolute atomic E-state index is 0.320. The largest absolute Gasteiger partial charge is 0.466 e. The normalized spacial score (nSPS) is 24.9. The standard InChI is InChI=1S/C10H17N3OS/c1-2-3-9-12-10(15-13-9)14-8-4-7(5-8)6-11/h7-8H,2-6,11H2,1H3. The molecule has 1 fully saturated rings. The lowest BCUT2D eigenvalue weighted by Crippen LogP contribution is -2.37. The zero-order valence-electron chi connectivity index (χ0n) is 8.98. The van der Waals surface area contributed by atoms with E-state index in [1.165, 1.54) is 11.5 Å². The minimum atomic E-state index is 0.320. The van der Waals surface area contributed by atoms with E-state index in [1.54, 1.807) is 0 Å². The van der Waals surface area contributed by atoms with Crippen molar-refractivity contribution >= 4 is 11.5 Å². The lowest BCUT2D eigenvalue weighted by atomic mass is 9.82. The van der Waals surface area contributed by atoms with Crippen LogP contribution in [0.4, 0.5) is 0 Å². The SMILES string of the molecule is CCCc1nsc(OC2CC(CN)C2)n1. The Labute approximate surface area is 94.0 Å². The quantitative estimate of drug-likeness (QED) is 0.830. The second-order valence-corrected chi connectivity index (χ2v) is 4.75. The van der Waals surface area contributed by atoms with Crippen molar-refractivity contribution in [3.05, 3.63) is 5.82 Å². The zero-order chi connectivity index (χ0) is 10.7. The van der Waals surface area contributed by atoms with Crippen molar-refractivity contribution < 1.29 is 4.74 Å². The predicted molar refractivity (Wildman–Crippen MR) is 60.1 cm³/mol. The van der Waals surface area contributed by atoms with E-state index in [0.717, 1.165) is 43.2 Å². The first kappa shape index (κ1) is 10.8. The smallest absolute Gasteiger partial charge is 0.293 e. The summed E-state index contributed by atoms with van der Waals surface area (Å²) >= 11 is 1.36. The molecule has 2 N–H and O–H groups in total. The lowest BCUT2D eigenvalue weighted by Gasteiger charge is -2.33. The van der Waals surface area contributed by atoms with Crippen LogP contribution in [0, 0.1) is 5.92 Å². The summed E-state index contributed by atoms with van der Waals surface area (Å²) in [7, 11) is 0. The maximum Gasteiger partial charge on any atom is 0.293 e. The van der Waals surface area contributed by atoms with Crippen molar-refractivity contribution in [1.82, 2.24) is 9.36 Å². The molecule has 0 amide bonds. The summed E-state index contributed by atoms with van der Waals surface area (Å²) in [6, 6.07) is 0. The second-order valence-electron chi connectivity index (χ2n) is 4.04. The molecule has 0 spiro atoms. The molecule has 1 aromatic heterocycles. The van der Waals surface area contributed by atoms with E-state index in [4.69, 9.17) is 10.5 Å². The number of aromatic nitrogens is 2. The highest BCUT2D eigenvalue weighted by atomic mass is 32.1. The fourth-order valence-corrected chi connectivity index (χ4v) is 2.36. The van der Waals surface area contributed by atoms with Crippen LogP contribution in [0.3, 0.4) is 0 Å². The molecule has 15 heavy (non-hydrogen) atoms. The average Bonchev–Trinajstić information content (AvgIpc) is 2.59. The van der Waals surface area contributed by atoms with Crippen LogP contribution in [-0.2, 0) is 6.42 Å². The van der Waals surface area contributed by atoms with Crippen molar-refractivity contribution in [1.29, 1.82) is 0 Å². The van der Waals surface area contributed by atoms with Gasteiger partial charge in [-0.1, -0.05) is 6.92 Å². The van der Waals surface area contributed by atoms with Crippen molar-refractivity contribution in [2.45, 2.75) is 38.7 Å². The summed E-state index contributed by atoms with van der Waals surface area (Å²) in [5, 5.41) is 0.721. The third kappa shape index (κ3) is 2.66. The van der Waals surface area contributed by atoms with Gasteiger partial charge in [0, 0.05) is 18.0 Å². The molecule has 1 aliphatic rings. The van der Waals surface area contributed by atoms with Crippen LogP contribution >= 0.6 is 11.5 Å². The molecule has 0 bridgehead atoms. The number of aryl methyl sites for hydroxylation is 1. The maximum atomic E-state index is 5.70. The van der Waals surface area contributed by atoms with Gasteiger partial charge in [0.1, 0.15) is 11.9 Å². The molecular weight excluding hydrogens is 210 g/mol. The molecule has 1 heterocycles. The topological polar surface area (TPSA) is 61.0 Å². The van der Waals surface area contributed by atoms with Gasteiger partial charge in [-0.15, -0.1) is 0 Å². The monoisotopic (exact) mass is 227 g/mol. The van der Waals surface area contributed by atoms with Crippen LogP contribution in [0.5, 0.6) is 5.19 Å². The fraction of sp³-hybridized carbons (Fsp3) is 0.800. The van der Waals surface area contributed by atoms with Gasteiger partial charge in [0.2, 0.25) is 0 Å². The second kappa shape index (κ2) is 4.90. The molecule has 0 aliphatic heterocycles. The van der Waals surface area contributed by atoms with Gasteiger partial charge in [-0.25, -0.2) is 0 Å². The number of hydrogen-bond acceptors (Lipinski definition) is 5. The Kier molecular flexibility index (Phi) is 3.53. The number of nitrogens with zero attached hydrogens (tertiary/aromatic N) is 2. The highest BCUT2D eigenvalue weighted by molar-refractivity contribution is 7.07. The summed E-state index contributed by atoms with van der Waals surface area (Å²) in [6.07, 6.45) is 4.48. The van der Waals surface area contributed by atoms with Crippen molar-refractivity contribution in [3.63, 3.8) is 0 Å². The van der Waals surface area contributed by atoms with E-state index >= 15 is 0 Å². The van der Waals surface area contributed by atoms with Crippen molar-refractivity contribution in [2.24, 2.45) is 11.7 Å². The molecule has 1 aromatic rings. The number of nitrogens with two attached hydrogens (primary N) is 1. The average molecular weight is 227 g/mol. The highest BCUT2D eigenvalue weighted by Crippen LogP contribution is 2.31. The van der Waals surface area contributed by atoms with Gasteiger partial charge in [0.15, 0.2) is 0 Å². The molecule has 0 atom stereocenters. The first-order chi connectivity index (χ1) is 7.31. The lowest BCUT2D eigenvalue weighted by molar-refractivity contribution is 0.0686. The first-order valence-electron chi connectivity index (χ1n) is 5.51. The van der Waals surface area contributed by atoms with E-state index in [2.05, 4.69) is 16.3 Å². The molecule has 0 aromatic carbocycles. The molecule has 0 unspecified atom stereocenters. The molecule has 4 nitrogen and oxygen atoms in total. The molecular formula is C10H17N3OS. The molecule has 0 radical (unpaired) electrons. The third-order valence-electron chi connectivity index (χ3n) is 2.72. The minimum Gasteiger partial charge on any atom is -0.466 e. The first-order valence-corrected chi connectivity index (χ1v) is 6.28. The van der Waals surface area contributed by atoms with Gasteiger partial charge in [0.25, 0.3) is 5.19 Å². The van der Waals surface area contributed by atoms with Gasteiger partial charge >= 0.3 is 0 Å². The summed E-state index contributed by atoms with van der Waals surface area (Å²) in [5.74, 6) is 1.56. The molecule has 0 saturated heterocycles. The van der Waals surface area contributed by atoms with Crippen LogP contribution in [0.25, 0.3) is 0 Å². The molecule has 5 heteroatoms. The summed E-state index contributed by atoms with van der Waals surface area (Å²) in [4.78, 5) is 4.33. The molecule has 1 aliphatic carbocycles. The van der Waals surface area contributed by atoms with Gasteiger partial charge in [-0.2, -0.15) is 9.36 Å². The molecule has 1 saturated carbocycles. The molecule has 84 valence electrons. The Morgan fingerprint density at radius 1 is 1.53 bits per heavy atom. The van der Waals surface area contributed by atoms with Crippen LogP contribution in [0.1, 0.15) is 32.0 Å². The number of rotatable bonds is 5. The van der Waals surface area contributed by atoms with E-state index in [0.29, 0.717) is 12.0 Å². The van der Waals surface area contributed by atoms with Crippen LogP contribution in [0.2, 0.25) is 0 Å². The Bertz CT molecular complexity index is 309. The van der Waals surface area contributed by atoms with Crippen LogP contribution in [-0.4, -0.2) is 22.0 Å². The van der Waals surface area contributed by atoms with Gasteiger partial charge in [-0.3, -0.25) is 0 Å². The van der Waals surface area contributed by atoms with E-state index in [9.17, 15) is 0 Å². The van der Waals surface area contributed by atoms with Crippen molar-refractivity contribution in [3.8, 4) is 5.19 Å². The highest BCUT2D eigenvalue weighted by Gasteiger charge is 2.30. The summed E-state index contributed by atoms with van der Waals surface area (Å²) in [5.41, 5.74) is 5.55. The zero-order valence-corrected chi connectivity index (χ0v) is 9.80. The van der Waals surface area contributed by atoms with E-state index in [-0.39, 0.29) is 0 Å². The third-order valence-corrected chi connectivity index (χ3v) is 3.36. The number of hydrogen-bond donors (Lipinski definition) is 1. The van der Waals surface area contributed by atoms with E-state index in [1.807, 2.05) is 0 Å². The Balaban J connectivity index is 1.79. The predicted octanol–water partition coefficient (Wildman–Crippen LogP) is 1.61. The maximum absolute atomic E-state index is 5.70. The Morgan fingerprint density at radius 2 is 2.33 bits per heavy atom. The Morgan fingerprint density at radius 3 is 3.00 bits per heavy atom. The van der Waals surface area contributed by atoms with Gasteiger partial charge in [-0.05, 0) is 31.7 Å². The molecule has 2 rings (SSSR count). The van der Waals surface area contributed by atoms with Crippen LogP contribution < -0.4 is 10.5 Å². The fourth-order valence-electron chi connectivity index (χ4n) is 1.72. The van der Waals surface area contributed by atoms with Crippen LogP contribution in [0.15, 0.2) is 0 Å². The Hall–Kier alpha value is -0.680. The van der Waals surface area contributed by atoms with Gasteiger partial charge < -0.3 is 10.5 Å².